The number of morpholine rings is 2. The summed E-state index contributed by atoms with van der Waals surface area (Å²) in [5.74, 6) is -3.85. The predicted octanol–water partition coefficient (Wildman–Crippen LogP) is -2.09. The summed E-state index contributed by atoms with van der Waals surface area (Å²) in [5.41, 5.74) is 26.9. The van der Waals surface area contributed by atoms with E-state index in [1.807, 2.05) is 0 Å². The van der Waals surface area contributed by atoms with Crippen molar-refractivity contribution in [2.45, 2.75) is 32.7 Å². The molecule has 0 saturated carbocycles. The van der Waals surface area contributed by atoms with Crippen LogP contribution >= 0.6 is 11.8 Å². The lowest BCUT2D eigenvalue weighted by Gasteiger charge is -2.26. The number of rotatable bonds is 34. The van der Waals surface area contributed by atoms with Gasteiger partial charge in [0, 0.05) is 92.9 Å². The summed E-state index contributed by atoms with van der Waals surface area (Å²) < 4.78 is 30.4. The molecule has 0 unspecified atom stereocenters. The highest BCUT2D eigenvalue weighted by Crippen LogP contribution is 2.28. The highest BCUT2D eigenvalue weighted by molar-refractivity contribution is 7.99. The van der Waals surface area contributed by atoms with Gasteiger partial charge in [-0.2, -0.15) is 20.9 Å². The second kappa shape index (κ2) is 35.6. The quantitative estimate of drug-likeness (QED) is 0.00784. The Labute approximate surface area is 495 Å². The minimum Gasteiger partial charge on any atom is -0.494 e. The van der Waals surface area contributed by atoms with Crippen LogP contribution in [0.4, 0.5) is 22.7 Å². The number of hydrogen-bond acceptors (Lipinski definition) is 21. The summed E-state index contributed by atoms with van der Waals surface area (Å²) >= 11 is 1.54. The SMILES string of the molecule is COc1cc(NCOC[n+]2cc(C(N)=O)cc(C(=O)NCCSCCNOCc3cc(C(N)=O)c[n+](CC(=O)Nc4ccc(NNC(=O)C(=O)NCCCN5CCOCC5)c(OC)c4)c3)c2)ccc1NNC(=O)C(=O)NCCCN1CCOCC1. The van der Waals surface area contributed by atoms with Crippen molar-refractivity contribution in [2.75, 3.05) is 146 Å². The van der Waals surface area contributed by atoms with Gasteiger partial charge in [-0.3, -0.25) is 74.7 Å². The van der Waals surface area contributed by atoms with Gasteiger partial charge in [-0.05, 0) is 62.3 Å². The van der Waals surface area contributed by atoms with Crippen molar-refractivity contribution >= 4 is 81.8 Å². The van der Waals surface area contributed by atoms with Gasteiger partial charge in [-0.1, -0.05) is 0 Å². The zero-order valence-electron chi connectivity index (χ0n) is 47.6. The number of pyridine rings is 2. The molecular weight excluding hydrogens is 1130 g/mol. The van der Waals surface area contributed by atoms with Crippen molar-refractivity contribution in [2.24, 2.45) is 11.5 Å². The maximum Gasteiger partial charge on any atom is 0.327 e. The number of carbonyl (C=O) groups is 8. The first-order valence-electron chi connectivity index (χ1n) is 27.3. The fourth-order valence-corrected chi connectivity index (χ4v) is 9.03. The molecule has 0 aliphatic carbocycles. The van der Waals surface area contributed by atoms with E-state index in [-0.39, 0.29) is 49.1 Å². The summed E-state index contributed by atoms with van der Waals surface area (Å²) in [5, 5.41) is 13.9. The minimum atomic E-state index is -0.891. The maximum atomic E-state index is 13.2. The molecule has 2 aliphatic rings. The third kappa shape index (κ3) is 23.3. The Morgan fingerprint density at radius 3 is 1.74 bits per heavy atom. The number of benzene rings is 2. The standard InChI is InChI=1S/C54H74N16O14S/c1-79-45-27-41(5-7-43(45)63-65-53(77)51(75)57-9-3-13-67-15-19-81-20-16-67)60-35-83-36-70-31-39(49(56)73)26-40(32-70)50(74)59-11-23-85-24-12-61-84-34-37-25-38(48(55)72)30-69(29-37)33-47(71)62-42-6-8-44(46(28-42)80-2)64-66-54(78)52(76)58-10-4-14-68-17-21-82-22-18-68/h5-8,25-32,61H,3-4,9-24,33-36H2,1-2H3,(H11-2,55,56,57,58,59,60,62,63,64,65,66,71,72,73,74,75,76,77,78)/p+2. The number of nitrogens with one attached hydrogen (secondary N) is 10. The minimum absolute atomic E-state index is 0.0104. The van der Waals surface area contributed by atoms with Crippen LogP contribution < -0.4 is 83.8 Å². The number of hydrazine groups is 2. The van der Waals surface area contributed by atoms with Crippen molar-refractivity contribution < 1.29 is 76.0 Å². The normalized spacial score (nSPS) is 13.3. The number of carbonyl (C=O) groups excluding carboxylic acids is 8. The Kier molecular flexibility index (Phi) is 27.6. The van der Waals surface area contributed by atoms with Crippen molar-refractivity contribution in [3.8, 4) is 11.5 Å². The van der Waals surface area contributed by atoms with Gasteiger partial charge in [0.15, 0.2) is 24.8 Å². The molecule has 31 heteroatoms. The number of nitrogens with zero attached hydrogens (tertiary/aromatic N) is 4. The number of thioether (sulfide) groups is 1. The molecule has 30 nitrogen and oxygen atoms in total. The fraction of sp³-hybridized carbons (Fsp3) is 0.444. The van der Waals surface area contributed by atoms with Crippen LogP contribution in [0.25, 0.3) is 0 Å². The van der Waals surface area contributed by atoms with Gasteiger partial charge in [0.05, 0.1) is 58.6 Å². The summed E-state index contributed by atoms with van der Waals surface area (Å²) in [6.07, 6.45) is 7.45. The number of nitrogens with two attached hydrogens (primary N) is 2. The van der Waals surface area contributed by atoms with Crippen molar-refractivity contribution in [3.63, 3.8) is 0 Å². The Morgan fingerprint density at radius 2 is 1.15 bits per heavy atom. The first kappa shape index (κ1) is 65.7. The lowest BCUT2D eigenvalue weighted by Crippen LogP contribution is -2.43. The van der Waals surface area contributed by atoms with Gasteiger partial charge in [0.2, 0.25) is 6.54 Å². The zero-order valence-corrected chi connectivity index (χ0v) is 48.4. The third-order valence-corrected chi connectivity index (χ3v) is 13.7. The Hall–Kier alpha value is -8.43. The van der Waals surface area contributed by atoms with E-state index in [1.54, 1.807) is 42.6 Å². The molecule has 0 radical (unpaired) electrons. The third-order valence-electron chi connectivity index (χ3n) is 12.7. The largest absolute Gasteiger partial charge is 0.494 e. The first-order chi connectivity index (χ1) is 41.2. The number of hydroxylamine groups is 1. The Bertz CT molecular complexity index is 2910. The van der Waals surface area contributed by atoms with Crippen LogP contribution in [0.5, 0.6) is 11.5 Å². The van der Waals surface area contributed by atoms with Gasteiger partial charge in [-0.15, -0.1) is 0 Å². The smallest absolute Gasteiger partial charge is 0.327 e. The molecule has 0 bridgehead atoms. The molecule has 0 spiro atoms. The van der Waals surface area contributed by atoms with Gasteiger partial charge in [-0.25, -0.2) is 5.48 Å². The van der Waals surface area contributed by atoms with Crippen LogP contribution in [0, 0.1) is 0 Å². The van der Waals surface area contributed by atoms with Gasteiger partial charge < -0.3 is 61.7 Å². The lowest BCUT2D eigenvalue weighted by atomic mass is 10.2. The summed E-state index contributed by atoms with van der Waals surface area (Å²) in [6.45, 7) is 8.88. The van der Waals surface area contributed by atoms with E-state index < -0.39 is 47.3 Å². The van der Waals surface area contributed by atoms with Crippen LogP contribution in [0.2, 0.25) is 0 Å². The second-order valence-corrected chi connectivity index (χ2v) is 20.3. The lowest BCUT2D eigenvalue weighted by molar-refractivity contribution is -0.732. The molecule has 2 aromatic heterocycles. The number of anilines is 4. The van der Waals surface area contributed by atoms with Gasteiger partial charge >= 0.3 is 23.6 Å². The fourth-order valence-electron chi connectivity index (χ4n) is 8.35. The predicted molar refractivity (Wildman–Crippen MR) is 310 cm³/mol. The van der Waals surface area contributed by atoms with Crippen LogP contribution in [0.3, 0.4) is 0 Å². The summed E-state index contributed by atoms with van der Waals surface area (Å²) in [6, 6.07) is 12.6. The molecule has 4 aromatic rings. The Morgan fingerprint density at radius 1 is 0.612 bits per heavy atom. The maximum absolute atomic E-state index is 13.2. The van der Waals surface area contributed by atoms with E-state index in [0.717, 1.165) is 39.3 Å². The molecule has 14 N–H and O–H groups in total. The molecule has 2 fully saturated rings. The van der Waals surface area contributed by atoms with Gasteiger partial charge in [0.1, 0.15) is 34.9 Å². The zero-order chi connectivity index (χ0) is 60.8. The number of methoxy groups -OCH3 is 2. The molecule has 4 heterocycles. The van der Waals surface area contributed by atoms with E-state index in [0.29, 0.717) is 111 Å². The number of amides is 8. The van der Waals surface area contributed by atoms with E-state index in [1.165, 1.54) is 65.8 Å². The van der Waals surface area contributed by atoms with Crippen molar-refractivity contribution in [3.05, 3.63) is 95.6 Å². The molecule has 2 aromatic carbocycles. The summed E-state index contributed by atoms with van der Waals surface area (Å²) in [4.78, 5) is 110. The number of ether oxygens (including phenoxy) is 5. The molecule has 6 rings (SSSR count). The highest BCUT2D eigenvalue weighted by Gasteiger charge is 2.21. The van der Waals surface area contributed by atoms with Gasteiger partial charge in [0.25, 0.3) is 30.4 Å². The van der Waals surface area contributed by atoms with Crippen LogP contribution in [0.15, 0.2) is 73.3 Å². The first-order valence-corrected chi connectivity index (χ1v) is 28.5. The number of aromatic nitrogens is 2. The molecule has 8 amide bonds. The van der Waals surface area contributed by atoms with Crippen LogP contribution in [0.1, 0.15) is 49.5 Å². The second-order valence-electron chi connectivity index (χ2n) is 19.0. The average molecular weight is 1210 g/mol. The van der Waals surface area contributed by atoms with E-state index in [2.05, 4.69) is 63.6 Å². The average Bonchev–Trinajstić information content (AvgIpc) is 3.72. The molecule has 2 saturated heterocycles. The number of primary amides is 2. The topological polar surface area (TPSA) is 379 Å². The molecule has 2 aliphatic heterocycles. The summed E-state index contributed by atoms with van der Waals surface area (Å²) in [7, 11) is 2.86. The molecular formula is C54H76N16O14S+2. The monoisotopic (exact) mass is 1200 g/mol. The molecule has 85 heavy (non-hydrogen) atoms. The van der Waals surface area contributed by atoms with Crippen molar-refractivity contribution in [1.29, 1.82) is 0 Å². The van der Waals surface area contributed by atoms with Crippen LogP contribution in [-0.4, -0.2) is 181 Å². The van der Waals surface area contributed by atoms with Crippen molar-refractivity contribution in [1.82, 2.24) is 42.1 Å². The number of hydrogen-bond donors (Lipinski definition) is 12. The highest BCUT2D eigenvalue weighted by atomic mass is 32.2. The van der Waals surface area contributed by atoms with E-state index >= 15 is 0 Å². The molecule has 460 valence electrons. The molecule has 0 atom stereocenters. The Balaban J connectivity index is 0.847. The van der Waals surface area contributed by atoms with E-state index in [4.69, 9.17) is 40.0 Å². The van der Waals surface area contributed by atoms with E-state index in [9.17, 15) is 38.4 Å². The van der Waals surface area contributed by atoms with Crippen LogP contribution in [-0.2, 0) is 62.9 Å².